The van der Waals surface area contributed by atoms with Crippen molar-refractivity contribution in [3.63, 3.8) is 0 Å². The first-order valence-electron chi connectivity index (χ1n) is 11.1. The molecule has 1 aromatic heterocycles. The molecule has 0 radical (unpaired) electrons. The van der Waals surface area contributed by atoms with Crippen molar-refractivity contribution >= 4 is 26.8 Å². The van der Waals surface area contributed by atoms with E-state index in [4.69, 9.17) is 13.7 Å². The summed E-state index contributed by atoms with van der Waals surface area (Å²) in [5, 5.41) is 11.5. The molecule has 0 saturated carbocycles. The number of aryl methyl sites for hydroxylation is 1. The Hall–Kier alpha value is -2.95. The Morgan fingerprint density at radius 1 is 1.06 bits per heavy atom. The quantitative estimate of drug-likeness (QED) is 0.479. The molecular formula is C24H29N3O6S. The molecule has 0 bridgehead atoms. The number of aromatic nitrogens is 2. The number of rotatable bonds is 8. The summed E-state index contributed by atoms with van der Waals surface area (Å²) in [5.74, 6) is 1.91. The number of nitrogens with zero attached hydrogens (tertiary/aromatic N) is 3. The highest BCUT2D eigenvalue weighted by atomic mass is 32.2. The monoisotopic (exact) mass is 487 g/mol. The van der Waals surface area contributed by atoms with Gasteiger partial charge in [-0.25, -0.2) is 9.97 Å². The van der Waals surface area contributed by atoms with Gasteiger partial charge in [0, 0.05) is 24.5 Å². The van der Waals surface area contributed by atoms with Gasteiger partial charge in [-0.1, -0.05) is 17.7 Å². The first-order chi connectivity index (χ1) is 16.3. The SMILES string of the molecule is COc1cc2ncnc(N3CCC(C(O)COS(=O)(=O)c4ccc(C)cc4)CC3)c2cc1OC. The zero-order chi connectivity index (χ0) is 24.3. The molecule has 0 aliphatic carbocycles. The van der Waals surface area contributed by atoms with Crippen molar-refractivity contribution in [1.29, 1.82) is 0 Å². The maximum absolute atomic E-state index is 12.4. The first-order valence-corrected chi connectivity index (χ1v) is 12.5. The van der Waals surface area contributed by atoms with Gasteiger partial charge in [0.1, 0.15) is 12.1 Å². The number of hydrogen-bond acceptors (Lipinski definition) is 9. The van der Waals surface area contributed by atoms with Crippen LogP contribution in [0.3, 0.4) is 0 Å². The van der Waals surface area contributed by atoms with E-state index in [1.54, 1.807) is 26.4 Å². The smallest absolute Gasteiger partial charge is 0.297 e. The topological polar surface area (TPSA) is 111 Å². The van der Waals surface area contributed by atoms with Crippen LogP contribution < -0.4 is 14.4 Å². The molecule has 4 rings (SSSR count). The van der Waals surface area contributed by atoms with Gasteiger partial charge in [0.2, 0.25) is 0 Å². The van der Waals surface area contributed by atoms with E-state index < -0.39 is 16.2 Å². The molecule has 3 aromatic rings. The predicted molar refractivity (Wildman–Crippen MR) is 128 cm³/mol. The van der Waals surface area contributed by atoms with Gasteiger partial charge in [0.15, 0.2) is 11.5 Å². The summed E-state index contributed by atoms with van der Waals surface area (Å²) in [7, 11) is -0.745. The van der Waals surface area contributed by atoms with Crippen LogP contribution >= 0.6 is 0 Å². The molecule has 10 heteroatoms. The molecule has 1 saturated heterocycles. The van der Waals surface area contributed by atoms with E-state index in [0.29, 0.717) is 37.4 Å². The second-order valence-corrected chi connectivity index (χ2v) is 9.98. The Labute approximate surface area is 199 Å². The average Bonchev–Trinajstić information content (AvgIpc) is 2.86. The Kier molecular flexibility index (Phi) is 7.20. The normalized spacial score (nSPS) is 15.9. The molecule has 1 fully saturated rings. The third kappa shape index (κ3) is 5.08. The number of aliphatic hydroxyl groups is 1. The standard InChI is InChI=1S/C24H29N3O6S/c1-16-4-6-18(7-5-16)34(29,30)33-14-21(28)17-8-10-27(11-9-17)24-19-12-22(31-2)23(32-3)13-20(19)25-15-26-24/h4-7,12-13,15,17,21,28H,8-11,14H2,1-3H3. The van der Waals surface area contributed by atoms with Crippen LogP contribution in [0.5, 0.6) is 11.5 Å². The zero-order valence-corrected chi connectivity index (χ0v) is 20.3. The number of anilines is 1. The molecule has 1 aliphatic heterocycles. The van der Waals surface area contributed by atoms with Crippen LogP contribution in [0.4, 0.5) is 5.82 Å². The van der Waals surface area contributed by atoms with E-state index >= 15 is 0 Å². The number of piperidine rings is 1. The molecule has 2 aromatic carbocycles. The van der Waals surface area contributed by atoms with Gasteiger partial charge in [0.25, 0.3) is 10.1 Å². The third-order valence-electron chi connectivity index (χ3n) is 6.21. The van der Waals surface area contributed by atoms with Crippen LogP contribution in [0.2, 0.25) is 0 Å². The van der Waals surface area contributed by atoms with E-state index in [1.807, 2.05) is 19.1 Å². The summed E-state index contributed by atoms with van der Waals surface area (Å²) < 4.78 is 40.8. The molecule has 9 nitrogen and oxygen atoms in total. The van der Waals surface area contributed by atoms with Crippen LogP contribution in [0.15, 0.2) is 47.6 Å². The fourth-order valence-corrected chi connectivity index (χ4v) is 5.11. The number of methoxy groups -OCH3 is 2. The number of benzene rings is 2. The van der Waals surface area contributed by atoms with Gasteiger partial charge in [-0.2, -0.15) is 8.42 Å². The minimum atomic E-state index is -3.91. The molecule has 1 atom stereocenters. The third-order valence-corrected chi connectivity index (χ3v) is 7.50. The number of ether oxygens (including phenoxy) is 2. The molecule has 0 amide bonds. The van der Waals surface area contributed by atoms with Crippen molar-refractivity contribution in [2.45, 2.75) is 30.8 Å². The van der Waals surface area contributed by atoms with Crippen LogP contribution in [0, 0.1) is 12.8 Å². The summed E-state index contributed by atoms with van der Waals surface area (Å²) in [6.45, 7) is 2.93. The molecule has 0 spiro atoms. The van der Waals surface area contributed by atoms with Gasteiger partial charge in [-0.05, 0) is 43.9 Å². The Balaban J connectivity index is 1.40. The highest BCUT2D eigenvalue weighted by Crippen LogP contribution is 2.36. The fraction of sp³-hybridized carbons (Fsp3) is 0.417. The van der Waals surface area contributed by atoms with Crippen LogP contribution in [0.1, 0.15) is 18.4 Å². The lowest BCUT2D eigenvalue weighted by molar-refractivity contribution is 0.0490. The Morgan fingerprint density at radius 3 is 2.35 bits per heavy atom. The van der Waals surface area contributed by atoms with Gasteiger partial charge in [-0.3, -0.25) is 4.18 Å². The van der Waals surface area contributed by atoms with E-state index in [-0.39, 0.29) is 17.4 Å². The zero-order valence-electron chi connectivity index (χ0n) is 19.5. The lowest BCUT2D eigenvalue weighted by Crippen LogP contribution is -2.40. The lowest BCUT2D eigenvalue weighted by Gasteiger charge is -2.35. The summed E-state index contributed by atoms with van der Waals surface area (Å²) in [5.41, 5.74) is 1.71. The highest BCUT2D eigenvalue weighted by Gasteiger charge is 2.29. The maximum Gasteiger partial charge on any atom is 0.297 e. The Morgan fingerprint density at radius 2 is 1.71 bits per heavy atom. The number of aliphatic hydroxyl groups excluding tert-OH is 1. The summed E-state index contributed by atoms with van der Waals surface area (Å²) in [6, 6.07) is 10.1. The largest absolute Gasteiger partial charge is 0.493 e. The minimum absolute atomic E-state index is 0.0767. The van der Waals surface area contributed by atoms with Gasteiger partial charge in [-0.15, -0.1) is 0 Å². The van der Waals surface area contributed by atoms with Crippen LogP contribution in [0.25, 0.3) is 10.9 Å². The van der Waals surface area contributed by atoms with Crippen LogP contribution in [-0.2, 0) is 14.3 Å². The summed E-state index contributed by atoms with van der Waals surface area (Å²) in [4.78, 5) is 11.1. The summed E-state index contributed by atoms with van der Waals surface area (Å²) in [6.07, 6.45) is 1.99. The van der Waals surface area contributed by atoms with E-state index in [0.717, 1.165) is 22.3 Å². The van der Waals surface area contributed by atoms with Crippen molar-refractivity contribution < 1.29 is 27.2 Å². The van der Waals surface area contributed by atoms with Crippen molar-refractivity contribution in [2.24, 2.45) is 5.92 Å². The van der Waals surface area contributed by atoms with E-state index in [2.05, 4.69) is 14.9 Å². The number of hydrogen-bond donors (Lipinski definition) is 1. The second-order valence-electron chi connectivity index (χ2n) is 8.37. The van der Waals surface area contributed by atoms with Crippen molar-refractivity contribution in [3.05, 3.63) is 48.3 Å². The molecule has 182 valence electrons. The summed E-state index contributed by atoms with van der Waals surface area (Å²) >= 11 is 0. The van der Waals surface area contributed by atoms with E-state index in [9.17, 15) is 13.5 Å². The van der Waals surface area contributed by atoms with E-state index in [1.165, 1.54) is 18.5 Å². The molecule has 2 heterocycles. The molecule has 1 aliphatic rings. The predicted octanol–water partition coefficient (Wildman–Crippen LogP) is 2.94. The highest BCUT2D eigenvalue weighted by molar-refractivity contribution is 7.86. The van der Waals surface area contributed by atoms with Crippen molar-refractivity contribution in [1.82, 2.24) is 9.97 Å². The molecule has 1 unspecified atom stereocenters. The molecule has 34 heavy (non-hydrogen) atoms. The fourth-order valence-electron chi connectivity index (χ4n) is 4.19. The first kappa shape index (κ1) is 24.2. The maximum atomic E-state index is 12.4. The van der Waals surface area contributed by atoms with Gasteiger partial charge < -0.3 is 19.5 Å². The van der Waals surface area contributed by atoms with Gasteiger partial charge >= 0.3 is 0 Å². The van der Waals surface area contributed by atoms with Crippen molar-refractivity contribution in [2.75, 3.05) is 38.8 Å². The Bertz CT molecular complexity index is 1240. The van der Waals surface area contributed by atoms with Crippen LogP contribution in [-0.4, -0.2) is 63.5 Å². The van der Waals surface area contributed by atoms with Gasteiger partial charge in [0.05, 0.1) is 37.3 Å². The average molecular weight is 488 g/mol. The molecule has 1 N–H and O–H groups in total. The second kappa shape index (κ2) is 10.1. The lowest BCUT2D eigenvalue weighted by atomic mass is 9.91. The minimum Gasteiger partial charge on any atom is -0.493 e. The molecular weight excluding hydrogens is 458 g/mol. The van der Waals surface area contributed by atoms with Crippen molar-refractivity contribution in [3.8, 4) is 11.5 Å². The number of fused-ring (bicyclic) bond motifs is 1.